The number of Topliss-reactive ketones (excluding diaryl/α,β-unsaturated/α-hetero) is 1. The van der Waals surface area contributed by atoms with E-state index in [4.69, 9.17) is 4.74 Å². The zero-order chi connectivity index (χ0) is 18.2. The molecule has 1 aromatic heterocycles. The zero-order valence-corrected chi connectivity index (χ0v) is 14.7. The van der Waals surface area contributed by atoms with Crippen LogP contribution in [-0.2, 0) is 16.6 Å². The smallest absolute Gasteiger partial charge is 0.450 e. The van der Waals surface area contributed by atoms with Crippen LogP contribution in [0.1, 0.15) is 18.1 Å². The van der Waals surface area contributed by atoms with E-state index in [1.807, 2.05) is 17.5 Å². The summed E-state index contributed by atoms with van der Waals surface area (Å²) in [7, 11) is 1.54. The van der Waals surface area contributed by atoms with E-state index >= 15 is 0 Å². The molecule has 25 heavy (non-hydrogen) atoms. The molecule has 0 spiro atoms. The predicted molar refractivity (Wildman–Crippen MR) is 91.3 cm³/mol. The maximum absolute atomic E-state index is 13.2. The van der Waals surface area contributed by atoms with Crippen LogP contribution in [0.2, 0.25) is 0 Å². The Morgan fingerprint density at radius 2 is 2.12 bits per heavy atom. The topological polar surface area (TPSA) is 38.3 Å². The molecule has 2 heterocycles. The molecule has 0 saturated heterocycles. The van der Waals surface area contributed by atoms with Crippen LogP contribution in [0, 0.1) is 0 Å². The average Bonchev–Trinajstić information content (AvgIpc) is 3.05. The molecule has 7 heteroatoms. The van der Waals surface area contributed by atoms with Crippen LogP contribution < -0.4 is 10.1 Å². The molecule has 2 aromatic rings. The van der Waals surface area contributed by atoms with Crippen LogP contribution in [0.4, 0.5) is 13.2 Å². The van der Waals surface area contributed by atoms with Crippen LogP contribution in [-0.4, -0.2) is 32.2 Å². The summed E-state index contributed by atoms with van der Waals surface area (Å²) in [5.41, 5.74) is 0.174. The molecule has 3 nitrogen and oxygen atoms in total. The summed E-state index contributed by atoms with van der Waals surface area (Å²) in [4.78, 5) is 13.1. The van der Waals surface area contributed by atoms with Gasteiger partial charge in [0.1, 0.15) is 5.75 Å². The lowest BCUT2D eigenvalue weighted by Gasteiger charge is -2.30. The first-order chi connectivity index (χ1) is 11.8. The van der Waals surface area contributed by atoms with E-state index in [2.05, 4.69) is 5.32 Å². The first-order valence-electron chi connectivity index (χ1n) is 7.85. The normalized spacial score (nSPS) is 20.7. The fraction of sp³-hybridized carbons (Fsp3) is 0.389. The lowest BCUT2D eigenvalue weighted by molar-refractivity contribution is -0.176. The van der Waals surface area contributed by atoms with E-state index in [9.17, 15) is 18.0 Å². The first-order valence-corrected chi connectivity index (χ1v) is 8.73. The largest absolute Gasteiger partial charge is 0.496 e. The third-order valence-corrected chi connectivity index (χ3v) is 5.52. The Hall–Kier alpha value is -1.86. The molecule has 0 radical (unpaired) electrons. The van der Waals surface area contributed by atoms with Gasteiger partial charge in [0.05, 0.1) is 12.5 Å². The molecule has 0 aliphatic carbocycles. The number of nitrogens with one attached hydrogen (secondary N) is 1. The monoisotopic (exact) mass is 369 g/mol. The lowest BCUT2D eigenvalue weighted by atomic mass is 9.75. The Balaban J connectivity index is 2.23. The van der Waals surface area contributed by atoms with Gasteiger partial charge in [-0.1, -0.05) is 6.07 Å². The first kappa shape index (κ1) is 17.9. The van der Waals surface area contributed by atoms with Gasteiger partial charge in [0, 0.05) is 17.0 Å². The molecule has 0 saturated carbocycles. The molecule has 1 aliphatic heterocycles. The molecule has 1 unspecified atom stereocenters. The van der Waals surface area contributed by atoms with E-state index < -0.39 is 17.4 Å². The van der Waals surface area contributed by atoms with Gasteiger partial charge in [0.25, 0.3) is 0 Å². The van der Waals surface area contributed by atoms with Crippen LogP contribution in [0.3, 0.4) is 0 Å². The molecular weight excluding hydrogens is 351 g/mol. The highest BCUT2D eigenvalue weighted by Crippen LogP contribution is 2.42. The predicted octanol–water partition coefficient (Wildman–Crippen LogP) is 3.96. The van der Waals surface area contributed by atoms with E-state index in [0.29, 0.717) is 35.4 Å². The minimum absolute atomic E-state index is 0.0471. The minimum Gasteiger partial charge on any atom is -0.496 e. The number of thiophene rings is 1. The number of benzene rings is 1. The zero-order valence-electron chi connectivity index (χ0n) is 13.9. The summed E-state index contributed by atoms with van der Waals surface area (Å²) < 4.78 is 45.1. The van der Waals surface area contributed by atoms with Gasteiger partial charge in [-0.2, -0.15) is 13.2 Å². The molecular formula is C18H18F3NO2S. The van der Waals surface area contributed by atoms with Crippen LogP contribution in [0.5, 0.6) is 5.75 Å². The molecule has 1 atom stereocenters. The number of ketones is 1. The second kappa shape index (κ2) is 6.46. The average molecular weight is 369 g/mol. The summed E-state index contributed by atoms with van der Waals surface area (Å²) in [6.07, 6.45) is -4.35. The lowest BCUT2D eigenvalue weighted by Crippen LogP contribution is -2.48. The van der Waals surface area contributed by atoms with Crippen molar-refractivity contribution in [2.75, 3.05) is 20.2 Å². The Bertz CT molecular complexity index is 786. The number of alkyl halides is 3. The van der Waals surface area contributed by atoms with Crippen molar-refractivity contribution in [2.24, 2.45) is 0 Å². The Morgan fingerprint density at radius 1 is 1.36 bits per heavy atom. The molecule has 1 N–H and O–H groups in total. The van der Waals surface area contributed by atoms with E-state index in [-0.39, 0.29) is 6.54 Å². The summed E-state index contributed by atoms with van der Waals surface area (Å²) in [6, 6.07) is 7.20. The van der Waals surface area contributed by atoms with Crippen molar-refractivity contribution in [1.82, 2.24) is 5.32 Å². The number of halogens is 3. The van der Waals surface area contributed by atoms with Gasteiger partial charge in [-0.15, -0.1) is 11.3 Å². The van der Waals surface area contributed by atoms with E-state index in [0.717, 1.165) is 4.88 Å². The summed E-state index contributed by atoms with van der Waals surface area (Å²) >= 11 is 1.47. The number of rotatable bonds is 3. The number of carbonyl (C=O) groups excluding carboxylic acids is 1. The van der Waals surface area contributed by atoms with Gasteiger partial charge >= 0.3 is 6.18 Å². The summed E-state index contributed by atoms with van der Waals surface area (Å²) in [5, 5.41) is 4.86. The van der Waals surface area contributed by atoms with Crippen LogP contribution in [0.15, 0.2) is 29.6 Å². The van der Waals surface area contributed by atoms with Crippen LogP contribution >= 0.6 is 11.3 Å². The SMILES string of the molecule is COc1cc2c(cc1-c1cccs1)C(C)(C(=O)C(F)(F)F)CNCC2. The van der Waals surface area contributed by atoms with Crippen molar-refractivity contribution in [1.29, 1.82) is 0 Å². The van der Waals surface area contributed by atoms with Gasteiger partial charge < -0.3 is 10.1 Å². The van der Waals surface area contributed by atoms with Gasteiger partial charge in [-0.3, -0.25) is 4.79 Å². The quantitative estimate of drug-likeness (QED) is 0.890. The second-order valence-corrected chi connectivity index (χ2v) is 7.22. The van der Waals surface area contributed by atoms with Crippen molar-refractivity contribution < 1.29 is 22.7 Å². The maximum Gasteiger partial charge on any atom is 0.450 e. The summed E-state index contributed by atoms with van der Waals surface area (Å²) in [6.45, 7) is 1.83. The van der Waals surface area contributed by atoms with E-state index in [1.165, 1.54) is 25.4 Å². The van der Waals surface area contributed by atoms with E-state index in [1.54, 1.807) is 12.1 Å². The van der Waals surface area contributed by atoms with Gasteiger partial charge in [-0.25, -0.2) is 0 Å². The highest BCUT2D eigenvalue weighted by Gasteiger charge is 2.52. The fourth-order valence-electron chi connectivity index (χ4n) is 3.31. The van der Waals surface area contributed by atoms with Gasteiger partial charge in [0.2, 0.25) is 5.78 Å². The molecule has 1 aromatic carbocycles. The Labute approximate surface area is 147 Å². The Morgan fingerprint density at radius 3 is 2.72 bits per heavy atom. The second-order valence-electron chi connectivity index (χ2n) is 6.27. The third kappa shape index (κ3) is 3.18. The minimum atomic E-state index is -4.89. The Kier molecular flexibility index (Phi) is 4.64. The number of fused-ring (bicyclic) bond motifs is 1. The number of carbonyl (C=O) groups is 1. The van der Waals surface area contributed by atoms with Crippen molar-refractivity contribution in [3.05, 3.63) is 40.8 Å². The van der Waals surface area contributed by atoms with Gasteiger partial charge in [0.15, 0.2) is 0 Å². The highest BCUT2D eigenvalue weighted by molar-refractivity contribution is 7.13. The molecule has 0 bridgehead atoms. The third-order valence-electron chi connectivity index (χ3n) is 4.61. The summed E-state index contributed by atoms with van der Waals surface area (Å²) in [5.74, 6) is -1.12. The molecule has 0 amide bonds. The van der Waals surface area contributed by atoms with Crippen molar-refractivity contribution >= 4 is 17.1 Å². The van der Waals surface area contributed by atoms with Crippen molar-refractivity contribution in [2.45, 2.75) is 24.9 Å². The number of hydrogen-bond acceptors (Lipinski definition) is 4. The van der Waals surface area contributed by atoms with Crippen molar-refractivity contribution in [3.8, 4) is 16.2 Å². The standard InChI is InChI=1S/C18H18F3NO2S/c1-17(16(23)18(19,20)21)10-22-6-5-11-8-14(24-2)12(9-13(11)17)15-4-3-7-25-15/h3-4,7-9,22H,5-6,10H2,1-2H3. The maximum atomic E-state index is 13.2. The van der Waals surface area contributed by atoms with Gasteiger partial charge in [-0.05, 0) is 54.6 Å². The van der Waals surface area contributed by atoms with Crippen molar-refractivity contribution in [3.63, 3.8) is 0 Å². The number of hydrogen-bond donors (Lipinski definition) is 1. The molecule has 0 fully saturated rings. The number of methoxy groups -OCH3 is 1. The highest BCUT2D eigenvalue weighted by atomic mass is 32.1. The molecule has 1 aliphatic rings. The number of ether oxygens (including phenoxy) is 1. The fourth-order valence-corrected chi connectivity index (χ4v) is 4.06. The molecule has 3 rings (SSSR count). The van der Waals surface area contributed by atoms with Crippen LogP contribution in [0.25, 0.3) is 10.4 Å². The molecule has 134 valence electrons.